The summed E-state index contributed by atoms with van der Waals surface area (Å²) in [6.45, 7) is 0.210. The zero-order chi connectivity index (χ0) is 9.97. The molecule has 72 valence electrons. The minimum absolute atomic E-state index is 0.210. The fourth-order valence-electron chi connectivity index (χ4n) is 1.28. The van der Waals surface area contributed by atoms with E-state index in [4.69, 9.17) is 10.4 Å². The van der Waals surface area contributed by atoms with Gasteiger partial charge in [0.1, 0.15) is 11.9 Å². The summed E-state index contributed by atoms with van der Waals surface area (Å²) < 4.78 is 0. The number of aliphatic hydroxyl groups is 1. The first kappa shape index (κ1) is 8.91. The molecular weight excluding hydrogens is 180 g/mol. The fourth-order valence-corrected chi connectivity index (χ4v) is 1.28. The molecule has 1 fully saturated rings. The molecule has 1 saturated carbocycles. The average Bonchev–Trinajstić information content (AvgIpc) is 2.98. The van der Waals surface area contributed by atoms with Gasteiger partial charge in [-0.15, -0.1) is 0 Å². The highest BCUT2D eigenvalue weighted by molar-refractivity contribution is 5.36. The van der Waals surface area contributed by atoms with E-state index in [1.165, 1.54) is 12.4 Å². The second kappa shape index (κ2) is 3.60. The van der Waals surface area contributed by atoms with Crippen molar-refractivity contribution in [1.29, 1.82) is 5.26 Å². The van der Waals surface area contributed by atoms with Gasteiger partial charge in [-0.2, -0.15) is 5.26 Å². The fraction of sp³-hybridized carbons (Fsp3) is 0.444. The Morgan fingerprint density at radius 2 is 2.43 bits per heavy atom. The molecule has 5 heteroatoms. The number of aromatic nitrogens is 2. The Labute approximate surface area is 81.4 Å². The highest BCUT2D eigenvalue weighted by Crippen LogP contribution is 2.32. The van der Waals surface area contributed by atoms with Crippen LogP contribution in [0.1, 0.15) is 12.1 Å². The summed E-state index contributed by atoms with van der Waals surface area (Å²) in [7, 11) is 0. The van der Waals surface area contributed by atoms with Crippen LogP contribution in [0.15, 0.2) is 12.4 Å². The molecule has 2 N–H and O–H groups in total. The molecule has 1 heterocycles. The van der Waals surface area contributed by atoms with Gasteiger partial charge >= 0.3 is 0 Å². The zero-order valence-electron chi connectivity index (χ0n) is 7.51. The van der Waals surface area contributed by atoms with Gasteiger partial charge in [0.2, 0.25) is 0 Å². The summed E-state index contributed by atoms with van der Waals surface area (Å²) in [4.78, 5) is 7.90. The molecule has 0 aromatic carbocycles. The van der Waals surface area contributed by atoms with Crippen molar-refractivity contribution in [1.82, 2.24) is 9.97 Å². The van der Waals surface area contributed by atoms with Gasteiger partial charge in [0, 0.05) is 18.6 Å². The average molecular weight is 190 g/mol. The molecule has 0 saturated heterocycles. The lowest BCUT2D eigenvalue weighted by molar-refractivity contribution is 0.275. The quantitative estimate of drug-likeness (QED) is 0.708. The first-order valence-electron chi connectivity index (χ1n) is 4.43. The van der Waals surface area contributed by atoms with E-state index < -0.39 is 0 Å². The summed E-state index contributed by atoms with van der Waals surface area (Å²) in [5.74, 6) is 0.998. The summed E-state index contributed by atoms with van der Waals surface area (Å²) in [5, 5.41) is 20.4. The third kappa shape index (κ3) is 1.80. The molecule has 1 aliphatic rings. The van der Waals surface area contributed by atoms with E-state index in [-0.39, 0.29) is 6.61 Å². The summed E-state index contributed by atoms with van der Waals surface area (Å²) >= 11 is 0. The lowest BCUT2D eigenvalue weighted by Crippen LogP contribution is -2.08. The number of hydrogen-bond acceptors (Lipinski definition) is 5. The van der Waals surface area contributed by atoms with Crippen LogP contribution in [0.25, 0.3) is 0 Å². The maximum atomic E-state index is 8.82. The van der Waals surface area contributed by atoms with Crippen LogP contribution in [0.2, 0.25) is 0 Å². The number of rotatable bonds is 3. The third-order valence-corrected chi connectivity index (χ3v) is 2.26. The van der Waals surface area contributed by atoms with Gasteiger partial charge in [-0.25, -0.2) is 9.97 Å². The van der Waals surface area contributed by atoms with E-state index in [2.05, 4.69) is 15.3 Å². The number of nitrogens with zero attached hydrogens (tertiary/aromatic N) is 3. The number of nitriles is 1. The third-order valence-electron chi connectivity index (χ3n) is 2.26. The molecule has 2 rings (SSSR count). The Kier molecular flexibility index (Phi) is 2.29. The Hall–Kier alpha value is -1.67. The van der Waals surface area contributed by atoms with Gasteiger partial charge in [0.25, 0.3) is 0 Å². The standard InChI is InChI=1S/C9H10N4O/c10-2-7-3-12-9(4-11-7)13-8-1-6(8)5-14/h3-4,6,8,14H,1,5H2,(H,12,13)/t6-,8+/m0/s1. The van der Waals surface area contributed by atoms with Crippen LogP contribution in [0, 0.1) is 17.2 Å². The van der Waals surface area contributed by atoms with E-state index in [1.807, 2.05) is 6.07 Å². The van der Waals surface area contributed by atoms with Crippen LogP contribution >= 0.6 is 0 Å². The van der Waals surface area contributed by atoms with E-state index in [0.29, 0.717) is 23.5 Å². The highest BCUT2D eigenvalue weighted by Gasteiger charge is 2.36. The maximum absolute atomic E-state index is 8.82. The smallest absolute Gasteiger partial charge is 0.158 e. The minimum atomic E-state index is 0.210. The van der Waals surface area contributed by atoms with Crippen molar-refractivity contribution in [2.24, 2.45) is 5.92 Å². The van der Waals surface area contributed by atoms with Gasteiger partial charge in [-0.1, -0.05) is 0 Å². The molecule has 2 atom stereocenters. The minimum Gasteiger partial charge on any atom is -0.396 e. The Bertz CT molecular complexity index is 356. The largest absolute Gasteiger partial charge is 0.396 e. The molecule has 0 spiro atoms. The van der Waals surface area contributed by atoms with Gasteiger partial charge < -0.3 is 10.4 Å². The van der Waals surface area contributed by atoms with Gasteiger partial charge in [0.05, 0.1) is 12.4 Å². The van der Waals surface area contributed by atoms with Crippen LogP contribution in [-0.4, -0.2) is 27.7 Å². The second-order valence-electron chi connectivity index (χ2n) is 3.33. The molecule has 1 aromatic heterocycles. The number of hydrogen-bond donors (Lipinski definition) is 2. The second-order valence-corrected chi connectivity index (χ2v) is 3.33. The lowest BCUT2D eigenvalue weighted by atomic mass is 10.4. The molecule has 0 bridgehead atoms. The molecular formula is C9H10N4O. The van der Waals surface area contributed by atoms with E-state index in [9.17, 15) is 0 Å². The summed E-state index contributed by atoms with van der Waals surface area (Å²) in [6, 6.07) is 2.21. The number of anilines is 1. The number of nitrogens with one attached hydrogen (secondary N) is 1. The van der Waals surface area contributed by atoms with Crippen LogP contribution < -0.4 is 5.32 Å². The van der Waals surface area contributed by atoms with E-state index in [0.717, 1.165) is 6.42 Å². The van der Waals surface area contributed by atoms with Crippen molar-refractivity contribution < 1.29 is 5.11 Å². The van der Waals surface area contributed by atoms with Crippen LogP contribution in [0.4, 0.5) is 5.82 Å². The molecule has 0 amide bonds. The summed E-state index contributed by atoms with van der Waals surface area (Å²) in [5.41, 5.74) is 0.310. The van der Waals surface area contributed by atoms with E-state index >= 15 is 0 Å². The van der Waals surface area contributed by atoms with Crippen molar-refractivity contribution in [2.75, 3.05) is 11.9 Å². The van der Waals surface area contributed by atoms with Crippen LogP contribution in [-0.2, 0) is 0 Å². The molecule has 0 aliphatic heterocycles. The SMILES string of the molecule is N#Cc1cnc(N[C@@H]2C[C@H]2CO)cn1. The molecule has 5 nitrogen and oxygen atoms in total. The highest BCUT2D eigenvalue weighted by atomic mass is 16.3. The van der Waals surface area contributed by atoms with Crippen molar-refractivity contribution in [3.63, 3.8) is 0 Å². The Morgan fingerprint density at radius 1 is 1.57 bits per heavy atom. The van der Waals surface area contributed by atoms with Gasteiger partial charge in [0.15, 0.2) is 5.69 Å². The van der Waals surface area contributed by atoms with Crippen molar-refractivity contribution in [2.45, 2.75) is 12.5 Å². The monoisotopic (exact) mass is 190 g/mol. The molecule has 0 unspecified atom stereocenters. The van der Waals surface area contributed by atoms with E-state index in [1.54, 1.807) is 0 Å². The predicted octanol–water partition coefficient (Wildman–Crippen LogP) is 0.141. The number of aliphatic hydroxyl groups excluding tert-OH is 1. The first-order chi connectivity index (χ1) is 6.83. The van der Waals surface area contributed by atoms with Crippen LogP contribution in [0.3, 0.4) is 0 Å². The van der Waals surface area contributed by atoms with Crippen LogP contribution in [0.5, 0.6) is 0 Å². The van der Waals surface area contributed by atoms with Crippen molar-refractivity contribution >= 4 is 5.82 Å². The van der Waals surface area contributed by atoms with Crippen molar-refractivity contribution in [3.05, 3.63) is 18.1 Å². The maximum Gasteiger partial charge on any atom is 0.158 e. The van der Waals surface area contributed by atoms with Gasteiger partial charge in [-0.3, -0.25) is 0 Å². The first-order valence-corrected chi connectivity index (χ1v) is 4.43. The summed E-state index contributed by atoms with van der Waals surface area (Å²) in [6.07, 6.45) is 3.93. The normalized spacial score (nSPS) is 24.0. The molecule has 14 heavy (non-hydrogen) atoms. The predicted molar refractivity (Wildman–Crippen MR) is 49.4 cm³/mol. The topological polar surface area (TPSA) is 81.8 Å². The Balaban J connectivity index is 1.95. The zero-order valence-corrected chi connectivity index (χ0v) is 7.51. The lowest BCUT2D eigenvalue weighted by Gasteiger charge is -2.02. The molecule has 1 aliphatic carbocycles. The molecule has 1 aromatic rings. The molecule has 0 radical (unpaired) electrons. The van der Waals surface area contributed by atoms with Crippen molar-refractivity contribution in [3.8, 4) is 6.07 Å². The van der Waals surface area contributed by atoms with Gasteiger partial charge in [-0.05, 0) is 6.42 Å². The Morgan fingerprint density at radius 3 is 2.93 bits per heavy atom.